The van der Waals surface area contributed by atoms with Gasteiger partial charge in [0.2, 0.25) is 0 Å². The van der Waals surface area contributed by atoms with Gasteiger partial charge in [0, 0.05) is 19.6 Å². The van der Waals surface area contributed by atoms with Gasteiger partial charge in [-0.25, -0.2) is 0 Å². The summed E-state index contributed by atoms with van der Waals surface area (Å²) in [5.74, 6) is 0. The number of hydrogen-bond donors (Lipinski definition) is 1. The minimum atomic E-state index is 0.633. The SMILES string of the molecule is CCCN(CCN(C)C)c1cccc(Cl)c1N. The summed E-state index contributed by atoms with van der Waals surface area (Å²) in [5, 5.41) is 0.633. The molecule has 17 heavy (non-hydrogen) atoms. The Morgan fingerprint density at radius 1 is 1.18 bits per heavy atom. The maximum Gasteiger partial charge on any atom is 0.0741 e. The smallest absolute Gasteiger partial charge is 0.0741 e. The maximum atomic E-state index is 6.06. The molecular weight excluding hydrogens is 234 g/mol. The van der Waals surface area contributed by atoms with Gasteiger partial charge in [0.1, 0.15) is 0 Å². The van der Waals surface area contributed by atoms with Crippen LogP contribution < -0.4 is 10.6 Å². The fourth-order valence-corrected chi connectivity index (χ4v) is 1.91. The average molecular weight is 256 g/mol. The van der Waals surface area contributed by atoms with Crippen molar-refractivity contribution in [3.05, 3.63) is 23.2 Å². The minimum Gasteiger partial charge on any atom is -0.396 e. The molecule has 0 spiro atoms. The van der Waals surface area contributed by atoms with Crippen LogP contribution in [0.1, 0.15) is 13.3 Å². The van der Waals surface area contributed by atoms with E-state index in [1.807, 2.05) is 18.2 Å². The number of nitrogens with zero attached hydrogens (tertiary/aromatic N) is 2. The molecule has 0 radical (unpaired) electrons. The van der Waals surface area contributed by atoms with Crippen molar-refractivity contribution in [2.45, 2.75) is 13.3 Å². The van der Waals surface area contributed by atoms with Gasteiger partial charge in [0.15, 0.2) is 0 Å². The zero-order valence-electron chi connectivity index (χ0n) is 10.9. The summed E-state index contributed by atoms with van der Waals surface area (Å²) in [7, 11) is 4.15. The first-order valence-corrected chi connectivity index (χ1v) is 6.37. The van der Waals surface area contributed by atoms with Gasteiger partial charge in [-0.15, -0.1) is 0 Å². The first kappa shape index (κ1) is 14.1. The lowest BCUT2D eigenvalue weighted by Crippen LogP contribution is -2.32. The molecule has 3 nitrogen and oxygen atoms in total. The van der Waals surface area contributed by atoms with Crippen LogP contribution >= 0.6 is 11.6 Å². The van der Waals surface area contributed by atoms with E-state index in [1.165, 1.54) is 0 Å². The third-order valence-corrected chi connectivity index (χ3v) is 3.01. The predicted octanol–water partition coefficient (Wildman–Crippen LogP) is 2.70. The molecule has 0 aliphatic rings. The Morgan fingerprint density at radius 2 is 1.88 bits per heavy atom. The van der Waals surface area contributed by atoms with Gasteiger partial charge in [-0.2, -0.15) is 0 Å². The third kappa shape index (κ3) is 4.10. The van der Waals surface area contributed by atoms with E-state index in [-0.39, 0.29) is 0 Å². The van der Waals surface area contributed by atoms with Crippen molar-refractivity contribution in [1.82, 2.24) is 4.90 Å². The summed E-state index contributed by atoms with van der Waals surface area (Å²) in [6.07, 6.45) is 1.10. The van der Waals surface area contributed by atoms with Crippen LogP contribution in [-0.2, 0) is 0 Å². The molecule has 1 rings (SSSR count). The fourth-order valence-electron chi connectivity index (χ4n) is 1.74. The van der Waals surface area contributed by atoms with E-state index >= 15 is 0 Å². The van der Waals surface area contributed by atoms with Gasteiger partial charge in [-0.3, -0.25) is 0 Å². The van der Waals surface area contributed by atoms with E-state index in [1.54, 1.807) is 0 Å². The predicted molar refractivity (Wildman–Crippen MR) is 76.9 cm³/mol. The van der Waals surface area contributed by atoms with E-state index in [2.05, 4.69) is 30.8 Å². The Kier molecular flexibility index (Phi) is 5.59. The fraction of sp³-hybridized carbons (Fsp3) is 0.538. The van der Waals surface area contributed by atoms with Gasteiger partial charge < -0.3 is 15.5 Å². The van der Waals surface area contributed by atoms with E-state index in [9.17, 15) is 0 Å². The summed E-state index contributed by atoms with van der Waals surface area (Å²) in [5.41, 5.74) is 7.76. The molecular formula is C13H22ClN3. The molecule has 0 atom stereocenters. The highest BCUT2D eigenvalue weighted by atomic mass is 35.5. The van der Waals surface area contributed by atoms with Crippen LogP contribution in [0, 0.1) is 0 Å². The molecule has 2 N–H and O–H groups in total. The number of nitrogen functional groups attached to an aromatic ring is 1. The molecule has 1 aromatic rings. The third-order valence-electron chi connectivity index (χ3n) is 2.68. The van der Waals surface area contributed by atoms with Crippen LogP contribution in [0.3, 0.4) is 0 Å². The van der Waals surface area contributed by atoms with E-state index in [0.29, 0.717) is 10.7 Å². The number of nitrogens with two attached hydrogens (primary N) is 1. The number of halogens is 1. The van der Waals surface area contributed by atoms with Crippen LogP contribution in [0.25, 0.3) is 0 Å². The highest BCUT2D eigenvalue weighted by Gasteiger charge is 2.11. The zero-order chi connectivity index (χ0) is 12.8. The van der Waals surface area contributed by atoms with Gasteiger partial charge in [-0.05, 0) is 32.6 Å². The Morgan fingerprint density at radius 3 is 2.47 bits per heavy atom. The molecule has 4 heteroatoms. The summed E-state index contributed by atoms with van der Waals surface area (Å²) in [6, 6.07) is 5.81. The number of likely N-dealkylation sites (N-methyl/N-ethyl adjacent to an activating group) is 1. The van der Waals surface area contributed by atoms with Gasteiger partial charge in [-0.1, -0.05) is 24.6 Å². The second-order valence-electron chi connectivity index (χ2n) is 4.46. The lowest BCUT2D eigenvalue weighted by Gasteiger charge is -2.27. The van der Waals surface area contributed by atoms with Crippen molar-refractivity contribution in [1.29, 1.82) is 0 Å². The number of benzene rings is 1. The number of hydrogen-bond acceptors (Lipinski definition) is 3. The lowest BCUT2D eigenvalue weighted by atomic mass is 10.2. The molecule has 96 valence electrons. The van der Waals surface area contributed by atoms with Crippen molar-refractivity contribution in [2.24, 2.45) is 0 Å². The number of anilines is 2. The van der Waals surface area contributed by atoms with Crippen LogP contribution in [-0.4, -0.2) is 38.6 Å². The molecule has 0 amide bonds. The van der Waals surface area contributed by atoms with Crippen molar-refractivity contribution in [3.63, 3.8) is 0 Å². The molecule has 0 unspecified atom stereocenters. The second kappa shape index (κ2) is 6.72. The van der Waals surface area contributed by atoms with E-state index < -0.39 is 0 Å². The summed E-state index contributed by atoms with van der Waals surface area (Å²) in [6.45, 7) is 5.14. The van der Waals surface area contributed by atoms with Gasteiger partial charge in [0.05, 0.1) is 16.4 Å². The normalized spacial score (nSPS) is 10.9. The molecule has 0 saturated heterocycles. The summed E-state index contributed by atoms with van der Waals surface area (Å²) in [4.78, 5) is 4.46. The first-order valence-electron chi connectivity index (χ1n) is 6.00. The Hall–Kier alpha value is -0.930. The topological polar surface area (TPSA) is 32.5 Å². The average Bonchev–Trinajstić information content (AvgIpc) is 2.28. The van der Waals surface area contributed by atoms with E-state index in [4.69, 9.17) is 17.3 Å². The number of para-hydroxylation sites is 1. The Labute approximate surface area is 109 Å². The largest absolute Gasteiger partial charge is 0.396 e. The Balaban J connectivity index is 2.85. The lowest BCUT2D eigenvalue weighted by molar-refractivity contribution is 0.413. The first-order chi connectivity index (χ1) is 8.06. The van der Waals surface area contributed by atoms with Crippen LogP contribution in [0.2, 0.25) is 5.02 Å². The van der Waals surface area contributed by atoms with Gasteiger partial charge >= 0.3 is 0 Å². The highest BCUT2D eigenvalue weighted by molar-refractivity contribution is 6.33. The molecule has 0 saturated carbocycles. The zero-order valence-corrected chi connectivity index (χ0v) is 11.7. The van der Waals surface area contributed by atoms with Crippen LogP contribution in [0.15, 0.2) is 18.2 Å². The van der Waals surface area contributed by atoms with Crippen molar-refractivity contribution < 1.29 is 0 Å². The van der Waals surface area contributed by atoms with E-state index in [0.717, 1.165) is 31.7 Å². The van der Waals surface area contributed by atoms with Crippen molar-refractivity contribution in [2.75, 3.05) is 44.4 Å². The number of rotatable bonds is 6. The highest BCUT2D eigenvalue weighted by Crippen LogP contribution is 2.29. The van der Waals surface area contributed by atoms with Crippen LogP contribution in [0.5, 0.6) is 0 Å². The standard InChI is InChI=1S/C13H22ClN3/c1-4-8-17(10-9-16(2)3)12-7-5-6-11(14)13(12)15/h5-7H,4,8-10,15H2,1-3H3. The molecule has 0 bridgehead atoms. The molecule has 1 aromatic carbocycles. The molecule has 0 aromatic heterocycles. The monoisotopic (exact) mass is 255 g/mol. The summed E-state index contributed by atoms with van der Waals surface area (Å²) < 4.78 is 0. The minimum absolute atomic E-state index is 0.633. The van der Waals surface area contributed by atoms with Crippen molar-refractivity contribution >= 4 is 23.0 Å². The second-order valence-corrected chi connectivity index (χ2v) is 4.87. The Bertz CT molecular complexity index is 353. The summed E-state index contributed by atoms with van der Waals surface area (Å²) >= 11 is 6.06. The van der Waals surface area contributed by atoms with Gasteiger partial charge in [0.25, 0.3) is 0 Å². The molecule has 0 fully saturated rings. The quantitative estimate of drug-likeness (QED) is 0.794. The van der Waals surface area contributed by atoms with Crippen molar-refractivity contribution in [3.8, 4) is 0 Å². The molecule has 0 aliphatic carbocycles. The molecule has 0 heterocycles. The molecule has 0 aliphatic heterocycles. The van der Waals surface area contributed by atoms with Crippen LogP contribution in [0.4, 0.5) is 11.4 Å². The maximum absolute atomic E-state index is 6.06.